The monoisotopic (exact) mass is 582 g/mol. The molecule has 0 radical (unpaired) electrons. The molecule has 224 valence electrons. The van der Waals surface area contributed by atoms with Crippen LogP contribution in [0.25, 0.3) is 0 Å². The van der Waals surface area contributed by atoms with Gasteiger partial charge in [0, 0.05) is 24.2 Å². The van der Waals surface area contributed by atoms with Gasteiger partial charge in [0.2, 0.25) is 12.2 Å². The summed E-state index contributed by atoms with van der Waals surface area (Å²) in [6, 6.07) is 7.36. The summed E-state index contributed by atoms with van der Waals surface area (Å²) in [6.07, 6.45) is -3.19. The normalized spacial score (nSPS) is 23.7. The minimum atomic E-state index is -1.55. The molecule has 13 heteroatoms. The number of amides is 2. The average molecular weight is 583 g/mol. The van der Waals surface area contributed by atoms with Crippen molar-refractivity contribution in [2.75, 3.05) is 31.8 Å². The van der Waals surface area contributed by atoms with Crippen molar-refractivity contribution in [1.29, 1.82) is 0 Å². The molecular weight excluding hydrogens is 540 g/mol. The minimum Gasteiger partial charge on any atom is -0.443 e. The van der Waals surface area contributed by atoms with Gasteiger partial charge in [-0.25, -0.2) is 4.79 Å². The molecule has 12 nitrogen and oxygen atoms in total. The van der Waals surface area contributed by atoms with E-state index in [1.54, 1.807) is 11.8 Å². The van der Waals surface area contributed by atoms with Crippen LogP contribution in [0.4, 0.5) is 4.79 Å². The molecule has 6 atom stereocenters. The number of aliphatic hydroxyl groups is 5. The van der Waals surface area contributed by atoms with Gasteiger partial charge in [-0.05, 0) is 41.9 Å². The van der Waals surface area contributed by atoms with E-state index in [0.29, 0.717) is 25.8 Å². The topological polar surface area (TPSA) is 189 Å². The van der Waals surface area contributed by atoms with Crippen LogP contribution in [-0.2, 0) is 17.6 Å². The van der Waals surface area contributed by atoms with Crippen molar-refractivity contribution < 1.29 is 39.8 Å². The molecule has 0 bridgehead atoms. The second kappa shape index (κ2) is 15.6. The molecule has 1 fully saturated rings. The van der Waals surface area contributed by atoms with Gasteiger partial charge >= 0.3 is 6.03 Å². The molecule has 2 heterocycles. The number of aromatic amines is 1. The van der Waals surface area contributed by atoms with Crippen LogP contribution < -0.4 is 15.4 Å². The van der Waals surface area contributed by atoms with Crippen LogP contribution in [-0.4, -0.2) is 110 Å². The Kier molecular flexibility index (Phi) is 12.5. The SMILES string of the molecule is CSCC[C@@H](CO)NC(=O)NCCc1ccc(Cc2c(O[C@@H]3O[C@H](CO)[C@@H](O)[C@H](O)[C@H]3O)n[nH]c2C(C)C)cc1. The van der Waals surface area contributed by atoms with E-state index in [0.717, 1.165) is 28.1 Å². The van der Waals surface area contributed by atoms with Crippen LogP contribution in [0.1, 0.15) is 48.6 Å². The van der Waals surface area contributed by atoms with Gasteiger partial charge in [-0.15, -0.1) is 5.10 Å². The number of urea groups is 1. The molecule has 1 saturated heterocycles. The van der Waals surface area contributed by atoms with Crippen LogP contribution in [0.3, 0.4) is 0 Å². The number of benzene rings is 1. The number of ether oxygens (including phenoxy) is 2. The number of nitrogens with one attached hydrogen (secondary N) is 3. The average Bonchev–Trinajstić information content (AvgIpc) is 3.34. The van der Waals surface area contributed by atoms with Crippen LogP contribution in [0.5, 0.6) is 5.88 Å². The Labute approximate surface area is 238 Å². The number of hydrogen-bond acceptors (Lipinski definition) is 10. The molecule has 0 aliphatic carbocycles. The van der Waals surface area contributed by atoms with Gasteiger partial charge in [0.15, 0.2) is 0 Å². The second-order valence-electron chi connectivity index (χ2n) is 10.2. The molecule has 1 aromatic carbocycles. The number of hydrogen-bond donors (Lipinski definition) is 8. The molecule has 1 aromatic heterocycles. The highest BCUT2D eigenvalue weighted by Gasteiger charge is 2.45. The molecule has 3 rings (SSSR count). The largest absolute Gasteiger partial charge is 0.443 e. The Balaban J connectivity index is 1.61. The van der Waals surface area contributed by atoms with E-state index >= 15 is 0 Å². The Hall–Kier alpha value is -2.39. The summed E-state index contributed by atoms with van der Waals surface area (Å²) in [5.74, 6) is 1.15. The number of nitrogens with zero attached hydrogens (tertiary/aromatic N) is 1. The highest BCUT2D eigenvalue weighted by molar-refractivity contribution is 7.98. The van der Waals surface area contributed by atoms with Gasteiger partial charge in [0.05, 0.1) is 19.3 Å². The third-order valence-corrected chi connectivity index (χ3v) is 7.49. The summed E-state index contributed by atoms with van der Waals surface area (Å²) in [6.45, 7) is 3.81. The zero-order chi connectivity index (χ0) is 29.2. The maximum absolute atomic E-state index is 12.1. The first-order chi connectivity index (χ1) is 19.2. The first kappa shape index (κ1) is 32.1. The summed E-state index contributed by atoms with van der Waals surface area (Å²) in [4.78, 5) is 12.1. The summed E-state index contributed by atoms with van der Waals surface area (Å²) < 4.78 is 11.3. The Morgan fingerprint density at radius 1 is 1.12 bits per heavy atom. The molecule has 1 aliphatic rings. The van der Waals surface area contributed by atoms with Gasteiger partial charge in [-0.1, -0.05) is 38.1 Å². The van der Waals surface area contributed by atoms with E-state index in [1.807, 2.05) is 44.4 Å². The number of carbonyl (C=O) groups is 1. The first-order valence-electron chi connectivity index (χ1n) is 13.4. The van der Waals surface area contributed by atoms with Gasteiger partial charge in [-0.3, -0.25) is 5.10 Å². The smallest absolute Gasteiger partial charge is 0.315 e. The quantitative estimate of drug-likeness (QED) is 0.153. The molecule has 0 saturated carbocycles. The highest BCUT2D eigenvalue weighted by Crippen LogP contribution is 2.31. The van der Waals surface area contributed by atoms with E-state index in [4.69, 9.17) is 9.47 Å². The standard InChI is InChI=1S/C27H42N4O8S/c1-15(2)21-19(25(31-30-21)39-26-24(36)23(35)22(34)20(14-33)38-26)12-17-6-4-16(5-7-17)8-10-28-27(37)29-18(13-32)9-11-40-3/h4-7,15,18,20,22-24,26,32-36H,8-14H2,1-3H3,(H,30,31)(H2,28,29,37)/t18-,20+,22+,23-,24+,26-/m0/s1. The van der Waals surface area contributed by atoms with Crippen LogP contribution in [0, 0.1) is 0 Å². The van der Waals surface area contributed by atoms with Crippen LogP contribution >= 0.6 is 11.8 Å². The molecule has 8 N–H and O–H groups in total. The van der Waals surface area contributed by atoms with Crippen LogP contribution in [0.15, 0.2) is 24.3 Å². The number of aromatic nitrogens is 2. The highest BCUT2D eigenvalue weighted by atomic mass is 32.2. The number of thioether (sulfide) groups is 1. The van der Waals surface area contributed by atoms with E-state index in [2.05, 4.69) is 20.8 Å². The lowest BCUT2D eigenvalue weighted by Gasteiger charge is -2.39. The Morgan fingerprint density at radius 3 is 2.45 bits per heavy atom. The summed E-state index contributed by atoms with van der Waals surface area (Å²) >= 11 is 1.66. The van der Waals surface area contributed by atoms with Crippen molar-refractivity contribution in [1.82, 2.24) is 20.8 Å². The Bertz CT molecular complexity index is 1050. The predicted molar refractivity (Wildman–Crippen MR) is 150 cm³/mol. The second-order valence-corrected chi connectivity index (χ2v) is 11.2. The lowest BCUT2D eigenvalue weighted by Crippen LogP contribution is -2.60. The Morgan fingerprint density at radius 2 is 1.82 bits per heavy atom. The first-order valence-corrected chi connectivity index (χ1v) is 14.8. The number of H-pyrrole nitrogens is 1. The lowest BCUT2D eigenvalue weighted by atomic mass is 9.98. The van der Waals surface area contributed by atoms with Gasteiger partial charge in [0.25, 0.3) is 0 Å². The van der Waals surface area contributed by atoms with Crippen molar-refractivity contribution in [2.45, 2.75) is 75.8 Å². The van der Waals surface area contributed by atoms with Gasteiger partial charge in [-0.2, -0.15) is 11.8 Å². The van der Waals surface area contributed by atoms with Crippen molar-refractivity contribution in [3.8, 4) is 5.88 Å². The van der Waals surface area contributed by atoms with Crippen molar-refractivity contribution >= 4 is 17.8 Å². The molecule has 2 aromatic rings. The maximum Gasteiger partial charge on any atom is 0.315 e. The van der Waals surface area contributed by atoms with Crippen molar-refractivity contribution in [3.63, 3.8) is 0 Å². The fourth-order valence-corrected chi connectivity index (χ4v) is 4.96. The molecule has 0 unspecified atom stereocenters. The molecular formula is C27H42N4O8S. The van der Waals surface area contributed by atoms with E-state index in [-0.39, 0.29) is 30.5 Å². The zero-order valence-electron chi connectivity index (χ0n) is 23.1. The molecule has 0 spiro atoms. The summed E-state index contributed by atoms with van der Waals surface area (Å²) in [5, 5.41) is 62.3. The van der Waals surface area contributed by atoms with Gasteiger partial charge < -0.3 is 45.6 Å². The molecule has 1 aliphatic heterocycles. The molecule has 40 heavy (non-hydrogen) atoms. The van der Waals surface area contributed by atoms with E-state index in [1.165, 1.54) is 0 Å². The third-order valence-electron chi connectivity index (χ3n) is 6.84. The number of carbonyl (C=O) groups excluding carboxylic acids is 1. The van der Waals surface area contributed by atoms with Gasteiger partial charge in [0.1, 0.15) is 24.4 Å². The lowest BCUT2D eigenvalue weighted by molar-refractivity contribution is -0.278. The maximum atomic E-state index is 12.1. The number of rotatable bonds is 14. The minimum absolute atomic E-state index is 0.0947. The van der Waals surface area contributed by atoms with Crippen molar-refractivity contribution in [2.24, 2.45) is 0 Å². The fraction of sp³-hybridized carbons (Fsp3) is 0.630. The third kappa shape index (κ3) is 8.56. The summed E-state index contributed by atoms with van der Waals surface area (Å²) in [7, 11) is 0. The predicted octanol–water partition coefficient (Wildman–Crippen LogP) is 0.258. The number of aliphatic hydroxyl groups excluding tert-OH is 5. The van der Waals surface area contributed by atoms with Crippen molar-refractivity contribution in [3.05, 3.63) is 46.6 Å². The summed E-state index contributed by atoms with van der Waals surface area (Å²) in [5.41, 5.74) is 3.63. The molecule has 2 amide bonds. The van der Waals surface area contributed by atoms with E-state index in [9.17, 15) is 30.3 Å². The van der Waals surface area contributed by atoms with Crippen LogP contribution in [0.2, 0.25) is 0 Å². The van der Waals surface area contributed by atoms with E-state index < -0.39 is 37.3 Å². The fourth-order valence-electron chi connectivity index (χ4n) is 4.44. The zero-order valence-corrected chi connectivity index (χ0v) is 23.9.